The minimum absolute atomic E-state index is 0.0158. The molecule has 142 valence electrons. The van der Waals surface area contributed by atoms with Crippen molar-refractivity contribution in [1.29, 1.82) is 0 Å². The van der Waals surface area contributed by atoms with Crippen LogP contribution in [0.3, 0.4) is 0 Å². The van der Waals surface area contributed by atoms with Crippen molar-refractivity contribution in [3.05, 3.63) is 53.0 Å². The number of hydrogen-bond acceptors (Lipinski definition) is 3. The summed E-state index contributed by atoms with van der Waals surface area (Å²) in [7, 11) is 1.50. The van der Waals surface area contributed by atoms with E-state index in [9.17, 15) is 14.0 Å². The van der Waals surface area contributed by atoms with Gasteiger partial charge in [-0.2, -0.15) is 0 Å². The first-order chi connectivity index (χ1) is 13.0. The number of amides is 2. The van der Waals surface area contributed by atoms with Gasteiger partial charge >= 0.3 is 0 Å². The zero-order chi connectivity index (χ0) is 19.4. The Balaban J connectivity index is 1.88. The molecule has 1 aromatic carbocycles. The van der Waals surface area contributed by atoms with E-state index in [0.717, 1.165) is 38.8 Å². The molecule has 1 fully saturated rings. The van der Waals surface area contributed by atoms with E-state index in [1.807, 2.05) is 4.90 Å². The van der Waals surface area contributed by atoms with E-state index >= 15 is 0 Å². The van der Waals surface area contributed by atoms with E-state index in [1.54, 1.807) is 25.1 Å². The lowest BCUT2D eigenvalue weighted by Gasteiger charge is -2.20. The fourth-order valence-electron chi connectivity index (χ4n) is 3.36. The quantitative estimate of drug-likeness (QED) is 0.900. The monoisotopic (exact) mass is 369 g/mol. The van der Waals surface area contributed by atoms with Crippen molar-refractivity contribution in [2.45, 2.75) is 32.6 Å². The van der Waals surface area contributed by atoms with E-state index in [4.69, 9.17) is 0 Å². The van der Waals surface area contributed by atoms with Crippen LogP contribution in [0.25, 0.3) is 11.3 Å². The Bertz CT molecular complexity index is 841. The molecule has 27 heavy (non-hydrogen) atoms. The van der Waals surface area contributed by atoms with Crippen molar-refractivity contribution < 1.29 is 14.0 Å². The molecule has 1 aromatic heterocycles. The topological polar surface area (TPSA) is 62.3 Å². The standard InChI is InChI=1S/C21H24FN3O2/c1-14-17(11-16(12-18(14)22)20(26)23-2)19-8-7-15(13-24-19)21(27)25-9-5-3-4-6-10-25/h7-8,11-13H,3-6,9-10H2,1-2H3,(H,23,26). The van der Waals surface area contributed by atoms with Crippen molar-refractivity contribution in [3.63, 3.8) is 0 Å². The SMILES string of the molecule is CNC(=O)c1cc(F)c(C)c(-c2ccc(C(=O)N3CCCCCC3)cn2)c1. The molecular weight excluding hydrogens is 345 g/mol. The molecule has 5 nitrogen and oxygen atoms in total. The summed E-state index contributed by atoms with van der Waals surface area (Å²) in [4.78, 5) is 30.8. The molecule has 1 aliphatic rings. The molecule has 0 saturated carbocycles. The maximum absolute atomic E-state index is 14.2. The molecule has 0 spiro atoms. The average molecular weight is 369 g/mol. The van der Waals surface area contributed by atoms with Gasteiger partial charge in [0.25, 0.3) is 11.8 Å². The van der Waals surface area contributed by atoms with Gasteiger partial charge < -0.3 is 10.2 Å². The molecule has 1 N–H and O–H groups in total. The Morgan fingerprint density at radius 2 is 1.78 bits per heavy atom. The molecule has 6 heteroatoms. The summed E-state index contributed by atoms with van der Waals surface area (Å²) in [5, 5.41) is 2.50. The first-order valence-corrected chi connectivity index (χ1v) is 9.29. The minimum atomic E-state index is -0.461. The zero-order valence-corrected chi connectivity index (χ0v) is 15.7. The number of halogens is 1. The fourth-order valence-corrected chi connectivity index (χ4v) is 3.36. The Hall–Kier alpha value is -2.76. The van der Waals surface area contributed by atoms with Crippen molar-refractivity contribution >= 4 is 11.8 Å². The number of benzene rings is 1. The number of aromatic nitrogens is 1. The van der Waals surface area contributed by atoms with Crippen LogP contribution in [0.15, 0.2) is 30.5 Å². The van der Waals surface area contributed by atoms with E-state index in [1.165, 1.54) is 19.3 Å². The third-order valence-corrected chi connectivity index (χ3v) is 5.01. The van der Waals surface area contributed by atoms with Gasteiger partial charge in [0.1, 0.15) is 5.82 Å². The number of hydrogen-bond donors (Lipinski definition) is 1. The minimum Gasteiger partial charge on any atom is -0.355 e. The molecule has 0 unspecified atom stereocenters. The zero-order valence-electron chi connectivity index (χ0n) is 15.7. The lowest BCUT2D eigenvalue weighted by molar-refractivity contribution is 0.0761. The van der Waals surface area contributed by atoms with E-state index in [-0.39, 0.29) is 17.4 Å². The number of rotatable bonds is 3. The number of nitrogens with one attached hydrogen (secondary N) is 1. The van der Waals surface area contributed by atoms with Crippen LogP contribution in [-0.4, -0.2) is 41.8 Å². The number of likely N-dealkylation sites (tertiary alicyclic amines) is 1. The summed E-state index contributed by atoms with van der Waals surface area (Å²) >= 11 is 0. The molecule has 1 saturated heterocycles. The molecule has 2 heterocycles. The molecule has 3 rings (SSSR count). The van der Waals surface area contributed by atoms with Gasteiger partial charge in [0.05, 0.1) is 11.3 Å². The van der Waals surface area contributed by atoms with Gasteiger partial charge in [-0.3, -0.25) is 14.6 Å². The summed E-state index contributed by atoms with van der Waals surface area (Å²) in [5.41, 5.74) is 2.26. The summed E-state index contributed by atoms with van der Waals surface area (Å²) in [6.45, 7) is 3.20. The molecule has 1 aliphatic heterocycles. The Morgan fingerprint density at radius 1 is 1.07 bits per heavy atom. The second-order valence-electron chi connectivity index (χ2n) is 6.85. The first-order valence-electron chi connectivity index (χ1n) is 9.29. The van der Waals surface area contributed by atoms with Gasteiger partial charge in [0, 0.05) is 37.5 Å². The molecule has 0 atom stereocenters. The van der Waals surface area contributed by atoms with Crippen molar-refractivity contribution in [2.75, 3.05) is 20.1 Å². The van der Waals surface area contributed by atoms with Crippen LogP contribution in [0.2, 0.25) is 0 Å². The maximum Gasteiger partial charge on any atom is 0.255 e. The molecular formula is C21H24FN3O2. The Morgan fingerprint density at radius 3 is 2.37 bits per heavy atom. The average Bonchev–Trinajstić information content (AvgIpc) is 2.98. The van der Waals surface area contributed by atoms with Crippen molar-refractivity contribution in [3.8, 4) is 11.3 Å². The number of nitrogens with zero attached hydrogens (tertiary/aromatic N) is 2. The number of carbonyl (C=O) groups is 2. The second kappa shape index (κ2) is 8.29. The highest BCUT2D eigenvalue weighted by atomic mass is 19.1. The molecule has 0 bridgehead atoms. The van der Waals surface area contributed by atoms with Gasteiger partial charge in [0.2, 0.25) is 0 Å². The van der Waals surface area contributed by atoms with Crippen LogP contribution in [0.1, 0.15) is 52.0 Å². The number of pyridine rings is 1. The highest BCUT2D eigenvalue weighted by molar-refractivity contribution is 5.96. The van der Waals surface area contributed by atoms with Gasteiger partial charge in [-0.25, -0.2) is 4.39 Å². The van der Waals surface area contributed by atoms with Crippen molar-refractivity contribution in [2.24, 2.45) is 0 Å². The highest BCUT2D eigenvalue weighted by Gasteiger charge is 2.18. The van der Waals surface area contributed by atoms with Gasteiger partial charge in [0.15, 0.2) is 0 Å². The van der Waals surface area contributed by atoms with Crippen LogP contribution in [0, 0.1) is 12.7 Å². The Kier molecular flexibility index (Phi) is 5.84. The summed E-state index contributed by atoms with van der Waals surface area (Å²) < 4.78 is 14.2. The van der Waals surface area contributed by atoms with Gasteiger partial charge in [-0.15, -0.1) is 0 Å². The van der Waals surface area contributed by atoms with E-state index in [0.29, 0.717) is 22.4 Å². The second-order valence-corrected chi connectivity index (χ2v) is 6.85. The number of carbonyl (C=O) groups excluding carboxylic acids is 2. The third kappa shape index (κ3) is 4.15. The van der Waals surface area contributed by atoms with E-state index < -0.39 is 5.82 Å². The van der Waals surface area contributed by atoms with Crippen molar-refractivity contribution in [1.82, 2.24) is 15.2 Å². The van der Waals surface area contributed by atoms with E-state index in [2.05, 4.69) is 10.3 Å². The van der Waals surface area contributed by atoms with Crippen LogP contribution in [-0.2, 0) is 0 Å². The van der Waals surface area contributed by atoms with Gasteiger partial charge in [-0.1, -0.05) is 12.8 Å². The maximum atomic E-state index is 14.2. The highest BCUT2D eigenvalue weighted by Crippen LogP contribution is 2.26. The predicted molar refractivity (Wildman–Crippen MR) is 102 cm³/mol. The lowest BCUT2D eigenvalue weighted by atomic mass is 10.00. The lowest BCUT2D eigenvalue weighted by Crippen LogP contribution is -2.31. The molecule has 0 radical (unpaired) electrons. The van der Waals surface area contributed by atoms with Crippen LogP contribution in [0.5, 0.6) is 0 Å². The first kappa shape index (κ1) is 19.0. The van der Waals surface area contributed by atoms with Crippen LogP contribution >= 0.6 is 0 Å². The third-order valence-electron chi connectivity index (χ3n) is 5.01. The normalized spacial score (nSPS) is 14.6. The van der Waals surface area contributed by atoms with Gasteiger partial charge in [-0.05, 0) is 49.6 Å². The largest absolute Gasteiger partial charge is 0.355 e. The summed E-state index contributed by atoms with van der Waals surface area (Å²) in [6.07, 6.45) is 5.91. The van der Waals surface area contributed by atoms with Crippen LogP contribution < -0.4 is 5.32 Å². The molecule has 2 aromatic rings. The summed E-state index contributed by atoms with van der Waals surface area (Å²) in [6, 6.07) is 6.27. The smallest absolute Gasteiger partial charge is 0.255 e. The Labute approximate surface area is 158 Å². The van der Waals surface area contributed by atoms with Crippen LogP contribution in [0.4, 0.5) is 4.39 Å². The molecule has 0 aliphatic carbocycles. The molecule has 2 amide bonds. The summed E-state index contributed by atoms with van der Waals surface area (Å²) in [5.74, 6) is -0.835. The predicted octanol–water partition coefficient (Wildman–Crippen LogP) is 3.57. The fraction of sp³-hybridized carbons (Fsp3) is 0.381.